The van der Waals surface area contributed by atoms with Crippen LogP contribution in [0.4, 0.5) is 0 Å². The van der Waals surface area contributed by atoms with E-state index in [0.717, 1.165) is 30.3 Å². The van der Waals surface area contributed by atoms with Gasteiger partial charge in [0.15, 0.2) is 5.16 Å². The van der Waals surface area contributed by atoms with Crippen LogP contribution in [0.1, 0.15) is 37.3 Å². The summed E-state index contributed by atoms with van der Waals surface area (Å²) in [4.78, 5) is 13.0. The second kappa shape index (κ2) is 8.50. The van der Waals surface area contributed by atoms with Gasteiger partial charge in [-0.3, -0.25) is 13.8 Å². The van der Waals surface area contributed by atoms with Gasteiger partial charge in [-0.25, -0.2) is 0 Å². The summed E-state index contributed by atoms with van der Waals surface area (Å²) in [6.07, 6.45) is 3.08. The molecule has 0 saturated heterocycles. The van der Waals surface area contributed by atoms with Crippen LogP contribution in [0.3, 0.4) is 0 Å². The van der Waals surface area contributed by atoms with E-state index in [9.17, 15) is 10.1 Å². The highest BCUT2D eigenvalue weighted by Crippen LogP contribution is 2.26. The molecule has 7 heteroatoms. The number of thioether (sulfide) groups is 1. The summed E-state index contributed by atoms with van der Waals surface area (Å²) < 4.78 is 3.70. The van der Waals surface area contributed by atoms with Gasteiger partial charge in [0.05, 0.1) is 22.5 Å². The molecule has 0 saturated carbocycles. The predicted octanol–water partition coefficient (Wildman–Crippen LogP) is 4.40. The van der Waals surface area contributed by atoms with E-state index >= 15 is 0 Å². The Balaban J connectivity index is 1.80. The van der Waals surface area contributed by atoms with Crippen molar-refractivity contribution in [3.05, 3.63) is 70.0 Å². The van der Waals surface area contributed by atoms with Gasteiger partial charge in [-0.1, -0.05) is 61.9 Å². The van der Waals surface area contributed by atoms with Gasteiger partial charge in [0, 0.05) is 12.3 Å². The lowest BCUT2D eigenvalue weighted by Gasteiger charge is -2.11. The topological polar surface area (TPSA) is 76.0 Å². The van der Waals surface area contributed by atoms with Crippen LogP contribution in [0.2, 0.25) is 0 Å². The Morgan fingerprint density at radius 3 is 2.69 bits per heavy atom. The summed E-state index contributed by atoms with van der Waals surface area (Å²) in [5.74, 6) is 1.18. The zero-order chi connectivity index (χ0) is 20.2. The minimum absolute atomic E-state index is 0.0250. The summed E-state index contributed by atoms with van der Waals surface area (Å²) in [5.41, 5.74) is 2.40. The number of benzene rings is 2. The molecule has 0 N–H and O–H groups in total. The second-order valence-electron chi connectivity index (χ2n) is 6.86. The van der Waals surface area contributed by atoms with Crippen LogP contribution in [0, 0.1) is 11.3 Å². The Bertz CT molecular complexity index is 1270. The van der Waals surface area contributed by atoms with Crippen molar-refractivity contribution in [1.82, 2.24) is 19.2 Å². The first-order chi connectivity index (χ1) is 14.2. The smallest absolute Gasteiger partial charge is 0.262 e. The fourth-order valence-electron chi connectivity index (χ4n) is 3.45. The van der Waals surface area contributed by atoms with Crippen LogP contribution in [0.15, 0.2) is 58.5 Å². The molecule has 0 atom stereocenters. The summed E-state index contributed by atoms with van der Waals surface area (Å²) in [7, 11) is 0. The summed E-state index contributed by atoms with van der Waals surface area (Å²) in [6, 6.07) is 17.4. The Labute approximate surface area is 172 Å². The average Bonchev–Trinajstić information content (AvgIpc) is 3.19. The van der Waals surface area contributed by atoms with Crippen LogP contribution in [-0.4, -0.2) is 19.2 Å². The van der Waals surface area contributed by atoms with Gasteiger partial charge >= 0.3 is 0 Å². The van der Waals surface area contributed by atoms with E-state index in [4.69, 9.17) is 0 Å². The van der Waals surface area contributed by atoms with Crippen LogP contribution in [0.5, 0.6) is 0 Å². The van der Waals surface area contributed by atoms with Crippen LogP contribution in [0.25, 0.3) is 16.7 Å². The van der Waals surface area contributed by atoms with E-state index in [0.29, 0.717) is 34.2 Å². The zero-order valence-electron chi connectivity index (χ0n) is 16.2. The van der Waals surface area contributed by atoms with Crippen molar-refractivity contribution >= 4 is 28.4 Å². The number of rotatable bonds is 7. The number of para-hydroxylation sites is 1. The third-order valence-corrected chi connectivity index (χ3v) is 5.94. The second-order valence-corrected chi connectivity index (χ2v) is 7.80. The quantitative estimate of drug-likeness (QED) is 0.338. The van der Waals surface area contributed by atoms with Crippen molar-refractivity contribution in [2.75, 3.05) is 0 Å². The average molecular weight is 404 g/mol. The first-order valence-electron chi connectivity index (χ1n) is 9.72. The lowest BCUT2D eigenvalue weighted by molar-refractivity contribution is 0.594. The molecule has 146 valence electrons. The van der Waals surface area contributed by atoms with Gasteiger partial charge in [-0.15, -0.1) is 10.2 Å². The third-order valence-electron chi connectivity index (χ3n) is 4.96. The van der Waals surface area contributed by atoms with Crippen molar-refractivity contribution in [3.63, 3.8) is 0 Å². The maximum atomic E-state index is 13.0. The SMILES string of the molecule is CCCCCn1c(=O)c2ccccc2n2c(SCc3ccccc3C#N)nnc12. The molecule has 6 nitrogen and oxygen atoms in total. The first kappa shape index (κ1) is 19.2. The molecular formula is C22H21N5OS. The molecule has 0 radical (unpaired) electrons. The molecule has 2 heterocycles. The summed E-state index contributed by atoms with van der Waals surface area (Å²) in [5, 5.41) is 19.4. The van der Waals surface area contributed by atoms with E-state index < -0.39 is 0 Å². The molecule has 0 aliphatic rings. The van der Waals surface area contributed by atoms with E-state index in [1.807, 2.05) is 52.9 Å². The fourth-order valence-corrected chi connectivity index (χ4v) is 4.39. The Morgan fingerprint density at radius 2 is 1.86 bits per heavy atom. The Hall–Kier alpha value is -3.11. The molecule has 0 aliphatic heterocycles. The number of hydrogen-bond donors (Lipinski definition) is 0. The van der Waals surface area contributed by atoms with Crippen molar-refractivity contribution in [3.8, 4) is 6.07 Å². The maximum absolute atomic E-state index is 13.0. The molecule has 29 heavy (non-hydrogen) atoms. The molecule has 4 rings (SSSR count). The maximum Gasteiger partial charge on any atom is 0.262 e. The summed E-state index contributed by atoms with van der Waals surface area (Å²) in [6.45, 7) is 2.77. The molecule has 2 aromatic carbocycles. The van der Waals surface area contributed by atoms with Gasteiger partial charge in [0.25, 0.3) is 5.56 Å². The highest BCUT2D eigenvalue weighted by Gasteiger charge is 2.17. The molecule has 0 fully saturated rings. The Kier molecular flexibility index (Phi) is 5.63. The van der Waals surface area contributed by atoms with Gasteiger partial charge in [0.1, 0.15) is 0 Å². The molecule has 0 amide bonds. The van der Waals surface area contributed by atoms with E-state index in [-0.39, 0.29) is 5.56 Å². The minimum atomic E-state index is -0.0250. The van der Waals surface area contributed by atoms with E-state index in [1.165, 1.54) is 11.8 Å². The molecular weight excluding hydrogens is 382 g/mol. The number of nitriles is 1. The first-order valence-corrected chi connectivity index (χ1v) is 10.7. The fraction of sp³-hybridized carbons (Fsp3) is 0.273. The third kappa shape index (κ3) is 3.64. The van der Waals surface area contributed by atoms with Crippen molar-refractivity contribution in [2.45, 2.75) is 43.6 Å². The van der Waals surface area contributed by atoms with Crippen molar-refractivity contribution in [1.29, 1.82) is 5.26 Å². The Morgan fingerprint density at radius 1 is 1.07 bits per heavy atom. The monoisotopic (exact) mass is 403 g/mol. The molecule has 0 bridgehead atoms. The minimum Gasteiger partial charge on any atom is -0.276 e. The van der Waals surface area contributed by atoms with E-state index in [1.54, 1.807) is 4.57 Å². The number of aromatic nitrogens is 4. The molecule has 4 aromatic rings. The van der Waals surface area contributed by atoms with Crippen LogP contribution < -0.4 is 5.56 Å². The number of aryl methyl sites for hydroxylation is 1. The summed E-state index contributed by atoms with van der Waals surface area (Å²) >= 11 is 1.52. The highest BCUT2D eigenvalue weighted by atomic mass is 32.2. The van der Waals surface area contributed by atoms with Gasteiger partial charge < -0.3 is 0 Å². The predicted molar refractivity (Wildman–Crippen MR) is 115 cm³/mol. The number of unbranched alkanes of at least 4 members (excludes halogenated alkanes) is 2. The molecule has 2 aromatic heterocycles. The molecule has 0 unspecified atom stereocenters. The molecule has 0 spiro atoms. The van der Waals surface area contributed by atoms with Crippen LogP contribution in [-0.2, 0) is 12.3 Å². The number of hydrogen-bond acceptors (Lipinski definition) is 5. The number of fused-ring (bicyclic) bond motifs is 3. The highest BCUT2D eigenvalue weighted by molar-refractivity contribution is 7.98. The lowest BCUT2D eigenvalue weighted by atomic mass is 10.1. The van der Waals surface area contributed by atoms with Gasteiger partial charge in [-0.05, 0) is 30.2 Å². The van der Waals surface area contributed by atoms with Crippen molar-refractivity contribution < 1.29 is 0 Å². The van der Waals surface area contributed by atoms with Crippen LogP contribution >= 0.6 is 11.8 Å². The lowest BCUT2D eigenvalue weighted by Crippen LogP contribution is -2.23. The standard InChI is InChI=1S/C22H21N5OS/c1-2-3-8-13-26-20(28)18-11-6-7-12-19(18)27-21(26)24-25-22(27)29-15-17-10-5-4-9-16(17)14-23/h4-7,9-12H,2-3,8,13,15H2,1H3. The van der Waals surface area contributed by atoms with Gasteiger partial charge in [-0.2, -0.15) is 5.26 Å². The normalized spacial score (nSPS) is 11.2. The largest absolute Gasteiger partial charge is 0.276 e. The number of nitrogens with zero attached hydrogens (tertiary/aromatic N) is 5. The van der Waals surface area contributed by atoms with Crippen molar-refractivity contribution in [2.24, 2.45) is 0 Å². The van der Waals surface area contributed by atoms with Gasteiger partial charge in [0.2, 0.25) is 5.78 Å². The molecule has 0 aliphatic carbocycles. The zero-order valence-corrected chi connectivity index (χ0v) is 17.0. The van der Waals surface area contributed by atoms with E-state index in [2.05, 4.69) is 23.2 Å².